The third-order valence-electron chi connectivity index (χ3n) is 9.78. The summed E-state index contributed by atoms with van der Waals surface area (Å²) < 4.78 is 2.14. The van der Waals surface area contributed by atoms with E-state index in [1.807, 2.05) is 18.2 Å². The molecule has 0 bridgehead atoms. The zero-order valence-electron chi connectivity index (χ0n) is 27.6. The molecular formula is C47H30N4. The topological polar surface area (TPSA) is 43.1 Å². The molecule has 10 aromatic rings. The second-order valence-corrected chi connectivity index (χ2v) is 12.9. The highest BCUT2D eigenvalue weighted by atomic mass is 15.2. The van der Waals surface area contributed by atoms with Crippen LogP contribution < -0.4 is 0 Å². The number of nitrogens with zero attached hydrogens (tertiary/aromatic N) is 4. The number of pyridine rings is 3. The number of rotatable bonds is 5. The lowest BCUT2D eigenvalue weighted by Crippen LogP contribution is -1.96. The van der Waals surface area contributed by atoms with Gasteiger partial charge in [0.2, 0.25) is 0 Å². The summed E-state index contributed by atoms with van der Waals surface area (Å²) in [6, 6.07) is 63.7. The Morgan fingerprint density at radius 2 is 0.863 bits per heavy atom. The highest BCUT2D eigenvalue weighted by molar-refractivity contribution is 6.10. The molecule has 0 amide bonds. The number of fused-ring (bicyclic) bond motifs is 6. The van der Waals surface area contributed by atoms with Gasteiger partial charge < -0.3 is 0 Å². The van der Waals surface area contributed by atoms with Gasteiger partial charge in [-0.25, -0.2) is 14.5 Å². The Morgan fingerprint density at radius 1 is 0.373 bits per heavy atom. The highest BCUT2D eigenvalue weighted by Gasteiger charge is 2.22. The fourth-order valence-electron chi connectivity index (χ4n) is 7.29. The number of hydrogen-bond acceptors (Lipinski definition) is 3. The van der Waals surface area contributed by atoms with E-state index in [9.17, 15) is 0 Å². The van der Waals surface area contributed by atoms with Crippen molar-refractivity contribution >= 4 is 38.1 Å². The van der Waals surface area contributed by atoms with Crippen LogP contribution in [0, 0.1) is 0 Å². The first kappa shape index (κ1) is 29.0. The van der Waals surface area contributed by atoms with Gasteiger partial charge in [0.25, 0.3) is 0 Å². The van der Waals surface area contributed by atoms with Gasteiger partial charge in [0, 0.05) is 44.0 Å². The summed E-state index contributed by atoms with van der Waals surface area (Å²) >= 11 is 0. The first-order valence-electron chi connectivity index (χ1n) is 17.2. The largest absolute Gasteiger partial charge is 0.245 e. The van der Waals surface area contributed by atoms with Crippen LogP contribution in [0.1, 0.15) is 0 Å². The normalized spacial score (nSPS) is 11.5. The van der Waals surface area contributed by atoms with Gasteiger partial charge in [-0.3, -0.25) is 0 Å². The molecule has 0 aliphatic rings. The minimum atomic E-state index is 0.896. The molecule has 0 fully saturated rings. The predicted molar refractivity (Wildman–Crippen MR) is 210 cm³/mol. The van der Waals surface area contributed by atoms with Crippen molar-refractivity contribution in [3.05, 3.63) is 182 Å². The van der Waals surface area contributed by atoms with Crippen LogP contribution in [0.3, 0.4) is 0 Å². The fourth-order valence-corrected chi connectivity index (χ4v) is 7.29. The predicted octanol–water partition coefficient (Wildman–Crippen LogP) is 11.9. The molecule has 0 radical (unpaired) electrons. The monoisotopic (exact) mass is 650 g/mol. The molecule has 0 aliphatic heterocycles. The quantitative estimate of drug-likeness (QED) is 0.174. The summed E-state index contributed by atoms with van der Waals surface area (Å²) in [7, 11) is 0. The van der Waals surface area contributed by atoms with Gasteiger partial charge in [0.05, 0.1) is 33.6 Å². The molecule has 0 saturated carbocycles. The van der Waals surface area contributed by atoms with Crippen molar-refractivity contribution in [2.75, 3.05) is 0 Å². The Kier molecular flexibility index (Phi) is 6.78. The van der Waals surface area contributed by atoms with Gasteiger partial charge in [-0.1, -0.05) is 158 Å². The third-order valence-corrected chi connectivity index (χ3v) is 9.78. The molecule has 0 saturated heterocycles. The molecular weight excluding hydrogens is 621 g/mol. The van der Waals surface area contributed by atoms with Crippen molar-refractivity contribution in [2.45, 2.75) is 0 Å². The molecule has 238 valence electrons. The van der Waals surface area contributed by atoms with Gasteiger partial charge in [-0.05, 0) is 35.2 Å². The molecule has 6 aromatic carbocycles. The van der Waals surface area contributed by atoms with Crippen molar-refractivity contribution < 1.29 is 0 Å². The lowest BCUT2D eigenvalue weighted by molar-refractivity contribution is 0.979. The second kappa shape index (κ2) is 11.9. The van der Waals surface area contributed by atoms with E-state index in [2.05, 4.69) is 168 Å². The Bertz CT molecular complexity index is 2880. The van der Waals surface area contributed by atoms with Crippen molar-refractivity contribution in [3.8, 4) is 56.2 Å². The van der Waals surface area contributed by atoms with E-state index in [0.717, 1.165) is 94.3 Å². The number of hydrogen-bond donors (Lipinski definition) is 0. The molecule has 51 heavy (non-hydrogen) atoms. The summed E-state index contributed by atoms with van der Waals surface area (Å²) in [5.41, 5.74) is 13.3. The smallest absolute Gasteiger partial charge is 0.101 e. The van der Waals surface area contributed by atoms with Crippen LogP contribution in [0.4, 0.5) is 0 Å². The van der Waals surface area contributed by atoms with Crippen LogP contribution in [0.25, 0.3) is 94.3 Å². The summed E-state index contributed by atoms with van der Waals surface area (Å²) in [5.74, 6) is 0. The van der Waals surface area contributed by atoms with Crippen molar-refractivity contribution in [1.29, 1.82) is 0 Å². The molecule has 0 unspecified atom stereocenters. The van der Waals surface area contributed by atoms with Gasteiger partial charge in [-0.2, -0.15) is 5.10 Å². The van der Waals surface area contributed by atoms with Crippen molar-refractivity contribution in [3.63, 3.8) is 0 Å². The van der Waals surface area contributed by atoms with E-state index < -0.39 is 0 Å². The van der Waals surface area contributed by atoms with Gasteiger partial charge >= 0.3 is 0 Å². The standard InChI is InChI=1S/C47H30N4/c1-5-13-31(14-6-1)40-27-25-35-21-22-36-26-28-41(49-46(36)45(35)48-40)38-24-23-37-30-42(32-15-7-2-8-16-32)51-47(39(37)29-38)43(33-17-9-3-10-18-33)44(50-51)34-19-11-4-12-20-34/h1-30H. The van der Waals surface area contributed by atoms with Crippen LogP contribution in [-0.2, 0) is 0 Å². The van der Waals surface area contributed by atoms with E-state index in [-0.39, 0.29) is 0 Å². The van der Waals surface area contributed by atoms with E-state index in [1.54, 1.807) is 0 Å². The van der Waals surface area contributed by atoms with E-state index in [0.29, 0.717) is 0 Å². The minimum absolute atomic E-state index is 0.896. The van der Waals surface area contributed by atoms with Crippen LogP contribution in [0.15, 0.2) is 182 Å². The number of aromatic nitrogens is 4. The highest BCUT2D eigenvalue weighted by Crippen LogP contribution is 2.42. The van der Waals surface area contributed by atoms with Gasteiger partial charge in [0.15, 0.2) is 0 Å². The lowest BCUT2D eigenvalue weighted by Gasteiger charge is -2.12. The molecule has 4 heteroatoms. The average Bonchev–Trinajstić information content (AvgIpc) is 3.62. The molecule has 0 atom stereocenters. The SMILES string of the molecule is c1ccc(-c2ccc3ccc4ccc(-c5ccc6cc(-c7ccccc7)n7nc(-c8ccccc8)c(-c8ccccc8)c7c6c5)nc4c3n2)cc1. The molecule has 4 aromatic heterocycles. The number of benzene rings is 6. The molecule has 4 heterocycles. The van der Waals surface area contributed by atoms with Gasteiger partial charge in [0.1, 0.15) is 5.69 Å². The van der Waals surface area contributed by atoms with E-state index >= 15 is 0 Å². The summed E-state index contributed by atoms with van der Waals surface area (Å²) in [5, 5.41) is 9.78. The van der Waals surface area contributed by atoms with Gasteiger partial charge in [-0.15, -0.1) is 0 Å². The van der Waals surface area contributed by atoms with E-state index in [4.69, 9.17) is 15.1 Å². The van der Waals surface area contributed by atoms with Crippen molar-refractivity contribution in [1.82, 2.24) is 19.6 Å². The average molecular weight is 651 g/mol. The summed E-state index contributed by atoms with van der Waals surface area (Å²) in [6.45, 7) is 0. The van der Waals surface area contributed by atoms with Crippen LogP contribution in [0.2, 0.25) is 0 Å². The maximum atomic E-state index is 5.39. The first-order valence-corrected chi connectivity index (χ1v) is 17.2. The minimum Gasteiger partial charge on any atom is -0.245 e. The third kappa shape index (κ3) is 4.96. The van der Waals surface area contributed by atoms with Crippen LogP contribution in [0.5, 0.6) is 0 Å². The lowest BCUT2D eigenvalue weighted by atomic mass is 9.95. The fraction of sp³-hybridized carbons (Fsp3) is 0. The summed E-state index contributed by atoms with van der Waals surface area (Å²) in [6.07, 6.45) is 0. The molecule has 10 rings (SSSR count). The molecule has 4 nitrogen and oxygen atoms in total. The molecule has 0 spiro atoms. The summed E-state index contributed by atoms with van der Waals surface area (Å²) in [4.78, 5) is 10.4. The Morgan fingerprint density at radius 3 is 1.47 bits per heavy atom. The molecule has 0 N–H and O–H groups in total. The maximum Gasteiger partial charge on any atom is 0.101 e. The van der Waals surface area contributed by atoms with Crippen molar-refractivity contribution in [2.24, 2.45) is 0 Å². The molecule has 0 aliphatic carbocycles. The Hall–Kier alpha value is -6.91. The van der Waals surface area contributed by atoms with E-state index in [1.165, 1.54) is 0 Å². The second-order valence-electron chi connectivity index (χ2n) is 12.9. The zero-order valence-corrected chi connectivity index (χ0v) is 27.6. The Labute approximate surface area is 295 Å². The zero-order chi connectivity index (χ0) is 33.7. The van der Waals surface area contributed by atoms with Crippen LogP contribution >= 0.6 is 0 Å². The maximum absolute atomic E-state index is 5.39. The Balaban J connectivity index is 1.24. The van der Waals surface area contributed by atoms with Crippen LogP contribution in [-0.4, -0.2) is 19.6 Å². The first-order chi connectivity index (χ1) is 25.3.